The van der Waals surface area contributed by atoms with Crippen molar-refractivity contribution in [3.63, 3.8) is 0 Å². The summed E-state index contributed by atoms with van der Waals surface area (Å²) in [4.78, 5) is -0.145. The lowest BCUT2D eigenvalue weighted by molar-refractivity contribution is 0.282. The standard InChI is InChI=1S/C13H13ClN2O3S/c14-11-2-1-3-12(15)13(11)20(18,19)16-10-6-4-9(8-17)5-7-10/h1-7,16-17H,8,15H2. The van der Waals surface area contributed by atoms with Crippen molar-refractivity contribution in [3.05, 3.63) is 53.1 Å². The molecule has 0 aliphatic heterocycles. The second kappa shape index (κ2) is 5.70. The lowest BCUT2D eigenvalue weighted by Crippen LogP contribution is -2.15. The van der Waals surface area contributed by atoms with Crippen LogP contribution in [0.25, 0.3) is 0 Å². The summed E-state index contributed by atoms with van der Waals surface area (Å²) in [6, 6.07) is 10.8. The highest BCUT2D eigenvalue weighted by Gasteiger charge is 2.21. The van der Waals surface area contributed by atoms with E-state index >= 15 is 0 Å². The molecule has 0 saturated heterocycles. The Morgan fingerprint density at radius 1 is 1.15 bits per heavy atom. The van der Waals surface area contributed by atoms with Crippen LogP contribution >= 0.6 is 11.6 Å². The molecule has 2 aromatic carbocycles. The van der Waals surface area contributed by atoms with Gasteiger partial charge in [0.15, 0.2) is 0 Å². The molecule has 5 nitrogen and oxygen atoms in total. The van der Waals surface area contributed by atoms with Crippen molar-refractivity contribution < 1.29 is 13.5 Å². The number of hydrogen-bond donors (Lipinski definition) is 3. The molecule has 0 saturated carbocycles. The SMILES string of the molecule is Nc1cccc(Cl)c1S(=O)(=O)Nc1ccc(CO)cc1. The number of aliphatic hydroxyl groups excluding tert-OH is 1. The van der Waals surface area contributed by atoms with E-state index in [-0.39, 0.29) is 22.2 Å². The Hall–Kier alpha value is -1.76. The van der Waals surface area contributed by atoms with E-state index in [9.17, 15) is 8.42 Å². The third kappa shape index (κ3) is 3.04. The van der Waals surface area contributed by atoms with E-state index in [0.29, 0.717) is 11.3 Å². The third-order valence-corrected chi connectivity index (χ3v) is 4.58. The molecule has 20 heavy (non-hydrogen) atoms. The first kappa shape index (κ1) is 14.6. The largest absolute Gasteiger partial charge is 0.398 e. The summed E-state index contributed by atoms with van der Waals surface area (Å²) in [6.45, 7) is -0.107. The van der Waals surface area contributed by atoms with Gasteiger partial charge >= 0.3 is 0 Å². The molecular formula is C13H13ClN2O3S. The molecule has 2 aromatic rings. The first-order valence-corrected chi connectivity index (χ1v) is 7.57. The molecule has 0 spiro atoms. The molecule has 106 valence electrons. The molecule has 0 bridgehead atoms. The first-order valence-electron chi connectivity index (χ1n) is 5.70. The number of aliphatic hydroxyl groups is 1. The fourth-order valence-corrected chi connectivity index (χ4v) is 3.43. The fraction of sp³-hybridized carbons (Fsp3) is 0.0769. The molecule has 0 unspecified atom stereocenters. The van der Waals surface area contributed by atoms with Crippen molar-refractivity contribution in [2.75, 3.05) is 10.5 Å². The van der Waals surface area contributed by atoms with E-state index in [2.05, 4.69) is 4.72 Å². The smallest absolute Gasteiger partial charge is 0.265 e. The Kier molecular flexibility index (Phi) is 4.17. The minimum absolute atomic E-state index is 0.0597. The summed E-state index contributed by atoms with van der Waals surface area (Å²) in [5.41, 5.74) is 6.80. The number of rotatable bonds is 4. The second-order valence-corrected chi connectivity index (χ2v) is 6.15. The molecule has 0 radical (unpaired) electrons. The van der Waals surface area contributed by atoms with Crippen LogP contribution in [0.2, 0.25) is 5.02 Å². The quantitative estimate of drug-likeness (QED) is 0.755. The highest BCUT2D eigenvalue weighted by molar-refractivity contribution is 7.93. The van der Waals surface area contributed by atoms with E-state index in [0.717, 1.165) is 0 Å². The molecule has 0 aromatic heterocycles. The zero-order valence-electron chi connectivity index (χ0n) is 10.4. The number of nitrogen functional groups attached to an aromatic ring is 1. The van der Waals surface area contributed by atoms with Crippen molar-refractivity contribution >= 4 is 33.0 Å². The molecule has 0 amide bonds. The van der Waals surface area contributed by atoms with Gasteiger partial charge in [0.2, 0.25) is 0 Å². The summed E-state index contributed by atoms with van der Waals surface area (Å²) < 4.78 is 26.9. The Morgan fingerprint density at radius 3 is 2.35 bits per heavy atom. The minimum atomic E-state index is -3.86. The van der Waals surface area contributed by atoms with Gasteiger partial charge in [-0.25, -0.2) is 8.42 Å². The number of hydrogen-bond acceptors (Lipinski definition) is 4. The molecule has 0 aliphatic carbocycles. The Bertz CT molecular complexity index is 695. The number of benzene rings is 2. The summed E-state index contributed by atoms with van der Waals surface area (Å²) in [5, 5.41) is 9.00. The number of halogens is 1. The van der Waals surface area contributed by atoms with Crippen molar-refractivity contribution in [3.8, 4) is 0 Å². The Labute approximate surface area is 122 Å². The normalized spacial score (nSPS) is 11.3. The predicted octanol–water partition coefficient (Wildman–Crippen LogP) is 2.22. The van der Waals surface area contributed by atoms with Crippen LogP contribution in [0.1, 0.15) is 5.56 Å². The van der Waals surface area contributed by atoms with E-state index in [1.165, 1.54) is 12.1 Å². The molecule has 0 atom stereocenters. The fourth-order valence-electron chi connectivity index (χ4n) is 1.69. The van der Waals surface area contributed by atoms with Crippen molar-refractivity contribution in [1.82, 2.24) is 0 Å². The number of anilines is 2. The highest BCUT2D eigenvalue weighted by atomic mass is 35.5. The topological polar surface area (TPSA) is 92.4 Å². The predicted molar refractivity (Wildman–Crippen MR) is 79.0 cm³/mol. The molecular weight excluding hydrogens is 300 g/mol. The van der Waals surface area contributed by atoms with E-state index in [4.69, 9.17) is 22.4 Å². The van der Waals surface area contributed by atoms with E-state index in [1.807, 2.05) is 0 Å². The van der Waals surface area contributed by atoms with Gasteiger partial charge in [0.25, 0.3) is 10.0 Å². The maximum Gasteiger partial charge on any atom is 0.265 e. The van der Waals surface area contributed by atoms with Crippen molar-refractivity contribution in [1.29, 1.82) is 0 Å². The zero-order valence-corrected chi connectivity index (χ0v) is 11.9. The van der Waals surface area contributed by atoms with Gasteiger partial charge in [-0.3, -0.25) is 4.72 Å². The third-order valence-electron chi connectivity index (χ3n) is 2.65. The van der Waals surface area contributed by atoms with Crippen molar-refractivity contribution in [2.24, 2.45) is 0 Å². The summed E-state index contributed by atoms with van der Waals surface area (Å²) in [7, 11) is -3.86. The van der Waals surface area contributed by atoms with Crippen LogP contribution < -0.4 is 10.5 Å². The lowest BCUT2D eigenvalue weighted by Gasteiger charge is -2.11. The Morgan fingerprint density at radius 2 is 1.80 bits per heavy atom. The lowest BCUT2D eigenvalue weighted by atomic mass is 10.2. The summed E-state index contributed by atoms with van der Waals surface area (Å²) in [6.07, 6.45) is 0. The van der Waals surface area contributed by atoms with Gasteiger partial charge < -0.3 is 10.8 Å². The van der Waals surface area contributed by atoms with Crippen LogP contribution in [0.3, 0.4) is 0 Å². The van der Waals surface area contributed by atoms with Gasteiger partial charge in [0.05, 0.1) is 17.3 Å². The van der Waals surface area contributed by atoms with E-state index in [1.54, 1.807) is 30.3 Å². The van der Waals surface area contributed by atoms with Crippen LogP contribution in [0, 0.1) is 0 Å². The highest BCUT2D eigenvalue weighted by Crippen LogP contribution is 2.28. The number of nitrogens with two attached hydrogens (primary N) is 1. The number of sulfonamides is 1. The van der Waals surface area contributed by atoms with Gasteiger partial charge in [-0.1, -0.05) is 29.8 Å². The molecule has 2 rings (SSSR count). The van der Waals surface area contributed by atoms with Crippen molar-refractivity contribution in [2.45, 2.75) is 11.5 Å². The van der Waals surface area contributed by atoms with Gasteiger partial charge in [-0.15, -0.1) is 0 Å². The maximum absolute atomic E-state index is 12.3. The van der Waals surface area contributed by atoms with Gasteiger partial charge in [-0.2, -0.15) is 0 Å². The summed E-state index contributed by atoms with van der Waals surface area (Å²) in [5.74, 6) is 0. The molecule has 0 aliphatic rings. The van der Waals surface area contributed by atoms with Gasteiger partial charge in [0.1, 0.15) is 4.90 Å². The Balaban J connectivity index is 2.35. The monoisotopic (exact) mass is 312 g/mol. The van der Waals surface area contributed by atoms with E-state index < -0.39 is 10.0 Å². The van der Waals surface area contributed by atoms with Crippen LogP contribution in [-0.2, 0) is 16.6 Å². The minimum Gasteiger partial charge on any atom is -0.398 e. The van der Waals surface area contributed by atoms with Crippen LogP contribution in [0.15, 0.2) is 47.4 Å². The molecule has 4 N–H and O–H groups in total. The second-order valence-electron chi connectivity index (χ2n) is 4.12. The molecule has 0 heterocycles. The van der Waals surface area contributed by atoms with Gasteiger partial charge in [-0.05, 0) is 29.8 Å². The average Bonchev–Trinajstić information content (AvgIpc) is 2.38. The number of nitrogens with one attached hydrogen (secondary N) is 1. The first-order chi connectivity index (χ1) is 9.44. The maximum atomic E-state index is 12.3. The summed E-state index contributed by atoms with van der Waals surface area (Å²) >= 11 is 5.90. The zero-order chi connectivity index (χ0) is 14.8. The van der Waals surface area contributed by atoms with Crippen LogP contribution in [0.5, 0.6) is 0 Å². The molecule has 7 heteroatoms. The average molecular weight is 313 g/mol. The molecule has 0 fully saturated rings. The van der Waals surface area contributed by atoms with Crippen LogP contribution in [-0.4, -0.2) is 13.5 Å². The van der Waals surface area contributed by atoms with Gasteiger partial charge in [0, 0.05) is 5.69 Å². The van der Waals surface area contributed by atoms with Crippen LogP contribution in [0.4, 0.5) is 11.4 Å².